The number of aliphatic hydroxyl groups is 5. The van der Waals surface area contributed by atoms with Gasteiger partial charge < -0.3 is 39.7 Å². The number of aliphatic hydroxyl groups excluding tert-OH is 5. The molecule has 1 fully saturated rings. The third kappa shape index (κ3) is 26.6. The number of carbonyl (C=O) groups is 3. The van der Waals surface area contributed by atoms with Gasteiger partial charge in [-0.1, -0.05) is 62.2 Å². The number of hydrogen-bond donors (Lipinski definition) is 8. The van der Waals surface area contributed by atoms with E-state index in [4.69, 9.17) is 34.6 Å². The second-order valence-electron chi connectivity index (χ2n) is 29.1. The number of benzene rings is 8. The summed E-state index contributed by atoms with van der Waals surface area (Å²) >= 11 is 18.7. The molecular formula is C88H77Br2F6I3N10O15S7. The Bertz CT molecular complexity index is 6760. The molecule has 25 nitrogen and oxygen atoms in total. The Morgan fingerprint density at radius 3 is 1.29 bits per heavy atom. The summed E-state index contributed by atoms with van der Waals surface area (Å²) in [5, 5.41) is 48.1. The summed E-state index contributed by atoms with van der Waals surface area (Å²) in [6.07, 6.45) is 13.7. The second-order valence-corrected chi connectivity index (χ2v) is 42.4. The Balaban J connectivity index is 0.000000148. The first-order valence-electron chi connectivity index (χ1n) is 39.5. The lowest BCUT2D eigenvalue weighted by molar-refractivity contribution is 0.0654. The number of nitrogens with zero attached hydrogens (tertiary/aromatic N) is 7. The summed E-state index contributed by atoms with van der Waals surface area (Å²) in [6, 6.07) is 31.0. The smallest absolute Gasteiger partial charge is 0.299 e. The van der Waals surface area contributed by atoms with Gasteiger partial charge in [-0.05, 0) is 298 Å². The molecular weight excluding hydrogens is 2320 g/mol. The van der Waals surface area contributed by atoms with E-state index in [1.807, 2.05) is 52.9 Å². The van der Waals surface area contributed by atoms with Crippen molar-refractivity contribution in [1.82, 2.24) is 36.6 Å². The zero-order chi connectivity index (χ0) is 93.8. The molecule has 0 aliphatic heterocycles. The highest BCUT2D eigenvalue weighted by atomic mass is 127. The fourth-order valence-electron chi connectivity index (χ4n) is 13.7. The van der Waals surface area contributed by atoms with Crippen molar-refractivity contribution >= 4 is 257 Å². The normalized spacial score (nSPS) is 12.3. The van der Waals surface area contributed by atoms with Crippen molar-refractivity contribution in [1.29, 1.82) is 0 Å². The maximum absolute atomic E-state index is 14.4. The number of sulfonamides is 1. The number of fused-ring (bicyclic) bond motifs is 5. The highest BCUT2D eigenvalue weighted by Crippen LogP contribution is 2.48. The van der Waals surface area contributed by atoms with E-state index in [1.165, 1.54) is 82.7 Å². The summed E-state index contributed by atoms with van der Waals surface area (Å²) in [7, 11) is -7.54. The lowest BCUT2D eigenvalue weighted by Crippen LogP contribution is -2.32. The maximum atomic E-state index is 14.4. The maximum Gasteiger partial charge on any atom is 0.299 e. The van der Waals surface area contributed by atoms with Gasteiger partial charge in [0.1, 0.15) is 66.1 Å². The van der Waals surface area contributed by atoms with Crippen LogP contribution in [0, 0.1) is 52.5 Å². The van der Waals surface area contributed by atoms with E-state index in [-0.39, 0.29) is 170 Å². The molecule has 15 aromatic rings. The first-order valence-corrected chi connectivity index (χ1v) is 51.1. The molecule has 0 saturated heterocycles. The summed E-state index contributed by atoms with van der Waals surface area (Å²) < 4.78 is 186. The van der Waals surface area contributed by atoms with Crippen molar-refractivity contribution < 1.29 is 97.3 Å². The van der Waals surface area contributed by atoms with Gasteiger partial charge in [-0.2, -0.15) is 35.0 Å². The number of Topliss-reactive ketones (excluding diaryl/α,β-unsaturated/α-hetero) is 3. The van der Waals surface area contributed by atoms with Crippen molar-refractivity contribution in [2.45, 2.75) is 63.0 Å². The monoisotopic (exact) mass is 2390 g/mol. The number of ketones is 3. The van der Waals surface area contributed by atoms with Crippen LogP contribution in [0.5, 0.6) is 0 Å². The molecule has 16 rings (SSSR count). The van der Waals surface area contributed by atoms with Crippen molar-refractivity contribution in [3.8, 4) is 0 Å². The molecule has 1 saturated carbocycles. The van der Waals surface area contributed by atoms with E-state index in [0.29, 0.717) is 104 Å². The lowest BCUT2D eigenvalue weighted by atomic mass is 9.94. The fourth-order valence-corrected chi connectivity index (χ4v) is 21.9. The first kappa shape index (κ1) is 102. The summed E-state index contributed by atoms with van der Waals surface area (Å²) in [4.78, 5) is 45.9. The molecule has 0 unspecified atom stereocenters. The zero-order valence-corrected chi connectivity index (χ0v) is 84.0. The standard InChI is InChI=1S/C19H18FIN2O3S2.C18H14BrF2NO3S.C17H14BrFN2O3S.C17H17FIN3O3S2.C17H14FIN2O3S/c20-16-10-13(21)2-1-12(16)9-14-15-11-22-27-18(15)4-3-17(14)23-28(25,26)19(5-6-19)7-8-24;19-11-2-1-10(15(20)6-11)5-12-13(17(24)9-25-4-3-23)7-16(21)18-14(12)8-22-26-18;18-11-2-1-10(14(19)6-11)5-12-13-7-21-25-16(13)8-20-17(12)15(23)9-24-4-3-22;1-10-6-16-14(9-20-26-16)13(7-11-2-3-12(19)8-15(11)18)17(10)22-27(24,25)21-4-5-23;18-14-6-11(19)2-1-10(14)5-12-13-7-21-25-16(13)8-20-17(12)15(23)9-24-4-3-22/h1-4,10-11,23-24H,5-9H2;1-2,6-8,23H,3-5,9H2;1-2,6-8,22H,3-5,9H2;2-3,6,8-9,21-23H,4-5,7H2,1H3;1-2,6-8,22H,3-5,9H2. The van der Waals surface area contributed by atoms with Crippen LogP contribution in [0.15, 0.2) is 168 Å². The molecule has 0 radical (unpaired) electrons. The van der Waals surface area contributed by atoms with E-state index in [9.17, 15) is 62.7 Å². The van der Waals surface area contributed by atoms with Crippen molar-refractivity contribution in [2.24, 2.45) is 0 Å². The number of nitrogens with one attached hydrogen (secondary N) is 3. The number of rotatable bonds is 35. The number of aryl methyl sites for hydroxylation is 1. The van der Waals surface area contributed by atoms with E-state index in [1.54, 1.807) is 92.6 Å². The molecule has 0 spiro atoms. The quantitative estimate of drug-likeness (QED) is 0.00791. The Kier molecular flexibility index (Phi) is 37.3. The molecule has 7 heterocycles. The van der Waals surface area contributed by atoms with Gasteiger partial charge in [-0.25, -0.2) is 34.8 Å². The highest BCUT2D eigenvalue weighted by molar-refractivity contribution is 14.1. The Hall–Kier alpha value is -7.61. The molecule has 8 N–H and O–H groups in total. The number of halogens is 11. The van der Waals surface area contributed by atoms with E-state index >= 15 is 0 Å². The average molecular weight is 2390 g/mol. The van der Waals surface area contributed by atoms with Crippen LogP contribution >= 0.6 is 157 Å². The van der Waals surface area contributed by atoms with Gasteiger partial charge in [0.15, 0.2) is 5.78 Å². The second kappa shape index (κ2) is 47.7. The molecule has 131 heavy (non-hydrogen) atoms. The van der Waals surface area contributed by atoms with Crippen LogP contribution in [0.3, 0.4) is 0 Å². The Labute approximate surface area is 825 Å². The number of anilines is 2. The van der Waals surface area contributed by atoms with Gasteiger partial charge in [-0.3, -0.25) is 33.8 Å². The summed E-state index contributed by atoms with van der Waals surface area (Å²) in [6.45, 7) is 0.168. The minimum Gasteiger partial charge on any atom is -0.396 e. The molecule has 688 valence electrons. The van der Waals surface area contributed by atoms with Crippen LogP contribution in [0.25, 0.3) is 50.4 Å². The third-order valence-corrected chi connectivity index (χ3v) is 30.4. The van der Waals surface area contributed by atoms with Crippen LogP contribution in [-0.4, -0.2) is 176 Å². The molecule has 1 aliphatic carbocycles. The van der Waals surface area contributed by atoms with Crippen molar-refractivity contribution in [3.63, 3.8) is 0 Å². The topological polar surface area (TPSA) is 375 Å². The number of hydrogen-bond acceptors (Lipinski definition) is 27. The van der Waals surface area contributed by atoms with Crippen LogP contribution < -0.4 is 14.2 Å². The third-order valence-electron chi connectivity index (χ3n) is 20.3. The van der Waals surface area contributed by atoms with Crippen LogP contribution in [-0.2, 0) is 66.5 Å². The van der Waals surface area contributed by atoms with Gasteiger partial charge in [-0.15, -0.1) is 0 Å². The highest BCUT2D eigenvalue weighted by Gasteiger charge is 2.54. The molecule has 8 aromatic carbocycles. The van der Waals surface area contributed by atoms with Crippen LogP contribution in [0.2, 0.25) is 0 Å². The fraction of sp³-hybridized carbons (Fsp3) is 0.250. The number of pyridine rings is 2. The Morgan fingerprint density at radius 1 is 0.435 bits per heavy atom. The predicted molar refractivity (Wildman–Crippen MR) is 529 cm³/mol. The predicted octanol–water partition coefficient (Wildman–Crippen LogP) is 18.2. The number of ether oxygens (including phenoxy) is 3. The number of carbonyl (C=O) groups excluding carboxylic acids is 3. The van der Waals surface area contributed by atoms with Gasteiger partial charge in [0, 0.05) is 141 Å². The summed E-state index contributed by atoms with van der Waals surface area (Å²) in [5.41, 5.74) is 7.63. The molecule has 0 atom stereocenters. The minimum atomic E-state index is -3.87. The first-order chi connectivity index (χ1) is 62.9. The number of aromatic nitrogens is 7. The average Bonchev–Trinajstić information content (AvgIpc) is 1.58. The SMILES string of the molecule is Cc1cc2sncc2c(Cc2ccc(I)cc2F)c1NS(=O)(=O)NCCO.O=C(COCCO)c1cc(F)c2sncc2c1Cc1ccc(Br)cc1F.O=C(COCCO)c1ncc2sncc2c1Cc1ccc(Br)cc1F.O=C(COCCO)c1ncc2sncc2c1Cc1ccc(I)cc1F.O=S(=O)(Nc1ccc2sncc2c1Cc1ccc(I)cc1F)C1(CCO)CC1. The van der Waals surface area contributed by atoms with Gasteiger partial charge in [0.05, 0.1) is 85.9 Å². The molecule has 0 bridgehead atoms. The van der Waals surface area contributed by atoms with E-state index < -0.39 is 42.4 Å². The molecule has 43 heteroatoms. The van der Waals surface area contributed by atoms with E-state index in [0.717, 1.165) is 68.7 Å². The van der Waals surface area contributed by atoms with Crippen molar-refractivity contribution in [2.75, 3.05) is 88.7 Å². The largest absolute Gasteiger partial charge is 0.396 e. The van der Waals surface area contributed by atoms with Gasteiger partial charge in [0.2, 0.25) is 21.6 Å². The molecule has 0 amide bonds. The van der Waals surface area contributed by atoms with Gasteiger partial charge in [0.25, 0.3) is 10.2 Å². The van der Waals surface area contributed by atoms with Crippen molar-refractivity contribution in [3.05, 3.63) is 291 Å². The molecule has 7 aromatic heterocycles. The molecule has 1 aliphatic rings. The van der Waals surface area contributed by atoms with E-state index in [2.05, 4.69) is 123 Å². The van der Waals surface area contributed by atoms with Crippen LogP contribution in [0.1, 0.15) is 112 Å². The minimum absolute atomic E-state index is 0.00709. The Morgan fingerprint density at radius 2 is 0.840 bits per heavy atom. The lowest BCUT2D eigenvalue weighted by Gasteiger charge is -2.19. The zero-order valence-electron chi connectivity index (χ0n) is 68.6. The summed E-state index contributed by atoms with van der Waals surface area (Å²) in [5.74, 6) is -3.35. The van der Waals surface area contributed by atoms with Gasteiger partial charge >= 0.3 is 0 Å². The van der Waals surface area contributed by atoms with Crippen LogP contribution in [0.4, 0.5) is 37.7 Å².